The Labute approximate surface area is 169 Å². The number of nitrogens with two attached hydrogens (primary N) is 1. The fraction of sp³-hybridized carbons (Fsp3) is 0.632. The SMILES string of the molecule is CCC(CC)C(CN=C(N)Nc1cccc(C)c1)N1CCOCC1.I. The van der Waals surface area contributed by atoms with Crippen LogP contribution in [0.25, 0.3) is 0 Å². The molecule has 1 aromatic rings. The Morgan fingerprint density at radius 3 is 2.56 bits per heavy atom. The predicted octanol–water partition coefficient (Wildman–Crippen LogP) is 3.48. The van der Waals surface area contributed by atoms with E-state index in [4.69, 9.17) is 10.5 Å². The Morgan fingerprint density at radius 2 is 1.96 bits per heavy atom. The number of aryl methyl sites for hydroxylation is 1. The van der Waals surface area contributed by atoms with Crippen LogP contribution in [-0.2, 0) is 4.74 Å². The van der Waals surface area contributed by atoms with Gasteiger partial charge in [-0.15, -0.1) is 24.0 Å². The normalized spacial score (nSPS) is 17.2. The van der Waals surface area contributed by atoms with Crippen LogP contribution in [0, 0.1) is 12.8 Å². The molecule has 1 aliphatic rings. The van der Waals surface area contributed by atoms with E-state index in [2.05, 4.69) is 48.1 Å². The Bertz CT molecular complexity index is 528. The van der Waals surface area contributed by atoms with E-state index in [0.717, 1.165) is 38.5 Å². The van der Waals surface area contributed by atoms with E-state index in [9.17, 15) is 0 Å². The summed E-state index contributed by atoms with van der Waals surface area (Å²) in [7, 11) is 0. The van der Waals surface area contributed by atoms with E-state index < -0.39 is 0 Å². The predicted molar refractivity (Wildman–Crippen MR) is 117 cm³/mol. The van der Waals surface area contributed by atoms with Crippen molar-refractivity contribution in [3.8, 4) is 0 Å². The lowest BCUT2D eigenvalue weighted by Gasteiger charge is -2.38. The zero-order valence-corrected chi connectivity index (χ0v) is 18.0. The molecule has 1 saturated heterocycles. The number of hydrogen-bond acceptors (Lipinski definition) is 3. The third-order valence-corrected chi connectivity index (χ3v) is 4.85. The van der Waals surface area contributed by atoms with Crippen LogP contribution in [-0.4, -0.2) is 49.7 Å². The van der Waals surface area contributed by atoms with Crippen molar-refractivity contribution in [2.24, 2.45) is 16.6 Å². The molecule has 1 atom stereocenters. The van der Waals surface area contributed by atoms with Crippen molar-refractivity contribution in [3.63, 3.8) is 0 Å². The van der Waals surface area contributed by atoms with E-state index in [-0.39, 0.29) is 24.0 Å². The molecule has 0 saturated carbocycles. The summed E-state index contributed by atoms with van der Waals surface area (Å²) in [6.07, 6.45) is 2.33. The number of benzene rings is 1. The molecule has 0 radical (unpaired) electrons. The van der Waals surface area contributed by atoms with Crippen molar-refractivity contribution in [3.05, 3.63) is 29.8 Å². The lowest BCUT2D eigenvalue weighted by Crippen LogP contribution is -2.48. The second-order valence-corrected chi connectivity index (χ2v) is 6.51. The van der Waals surface area contributed by atoms with Crippen LogP contribution in [0.1, 0.15) is 32.3 Å². The Balaban J connectivity index is 0.00000312. The first kappa shape index (κ1) is 22.2. The number of guanidine groups is 1. The summed E-state index contributed by atoms with van der Waals surface area (Å²) in [5.74, 6) is 1.13. The van der Waals surface area contributed by atoms with Gasteiger partial charge in [-0.05, 0) is 30.5 Å². The molecule has 0 aromatic heterocycles. The Hall–Kier alpha value is -0.860. The summed E-state index contributed by atoms with van der Waals surface area (Å²) >= 11 is 0. The molecule has 142 valence electrons. The van der Waals surface area contributed by atoms with Crippen LogP contribution in [0.4, 0.5) is 5.69 Å². The van der Waals surface area contributed by atoms with E-state index in [1.807, 2.05) is 12.1 Å². The Kier molecular flexibility index (Phi) is 10.4. The number of aliphatic imine (C=N–C) groups is 1. The minimum absolute atomic E-state index is 0. The van der Waals surface area contributed by atoms with Crippen LogP contribution < -0.4 is 11.1 Å². The smallest absolute Gasteiger partial charge is 0.193 e. The molecule has 1 heterocycles. The maximum Gasteiger partial charge on any atom is 0.193 e. The number of rotatable bonds is 7. The van der Waals surface area contributed by atoms with E-state index in [1.165, 1.54) is 18.4 Å². The third kappa shape index (κ3) is 7.11. The molecule has 6 heteroatoms. The largest absolute Gasteiger partial charge is 0.379 e. The molecule has 1 aromatic carbocycles. The minimum Gasteiger partial charge on any atom is -0.379 e. The maximum absolute atomic E-state index is 6.11. The molecular formula is C19H33IN4O. The van der Waals surface area contributed by atoms with Crippen LogP contribution >= 0.6 is 24.0 Å². The standard InChI is InChI=1S/C19H32N4O.HI/c1-4-16(5-2)18(23-9-11-24-12-10-23)14-21-19(20)22-17-8-6-7-15(3)13-17;/h6-8,13,16,18H,4-5,9-12,14H2,1-3H3,(H3,20,21,22);1H. The molecule has 0 aliphatic carbocycles. The van der Waals surface area contributed by atoms with Crippen molar-refractivity contribution < 1.29 is 4.74 Å². The van der Waals surface area contributed by atoms with Crippen molar-refractivity contribution in [2.75, 3.05) is 38.2 Å². The first-order chi connectivity index (χ1) is 11.6. The second kappa shape index (κ2) is 11.7. The van der Waals surface area contributed by atoms with E-state index in [1.54, 1.807) is 0 Å². The highest BCUT2D eigenvalue weighted by atomic mass is 127. The van der Waals surface area contributed by atoms with E-state index >= 15 is 0 Å². The zero-order chi connectivity index (χ0) is 17.4. The minimum atomic E-state index is 0. The molecule has 0 amide bonds. The van der Waals surface area contributed by atoms with Gasteiger partial charge >= 0.3 is 0 Å². The number of hydrogen-bond donors (Lipinski definition) is 2. The number of halogens is 1. The van der Waals surface area contributed by atoms with Gasteiger partial charge in [-0.1, -0.05) is 38.8 Å². The molecule has 0 spiro atoms. The van der Waals surface area contributed by atoms with Crippen LogP contribution in [0.15, 0.2) is 29.3 Å². The lowest BCUT2D eigenvalue weighted by molar-refractivity contribution is 0.00398. The second-order valence-electron chi connectivity index (χ2n) is 6.51. The number of anilines is 1. The summed E-state index contributed by atoms with van der Waals surface area (Å²) < 4.78 is 5.50. The van der Waals surface area contributed by atoms with E-state index in [0.29, 0.717) is 17.9 Å². The van der Waals surface area contributed by atoms with Gasteiger partial charge in [0.1, 0.15) is 0 Å². The monoisotopic (exact) mass is 460 g/mol. The number of ether oxygens (including phenoxy) is 1. The molecule has 1 unspecified atom stereocenters. The summed E-state index contributed by atoms with van der Waals surface area (Å²) in [5.41, 5.74) is 8.30. The number of nitrogens with one attached hydrogen (secondary N) is 1. The van der Waals surface area contributed by atoms with Crippen molar-refractivity contribution in [1.29, 1.82) is 0 Å². The van der Waals surface area contributed by atoms with Gasteiger partial charge in [0.2, 0.25) is 0 Å². The van der Waals surface area contributed by atoms with Gasteiger partial charge in [0.15, 0.2) is 5.96 Å². The quantitative estimate of drug-likeness (QED) is 0.372. The van der Waals surface area contributed by atoms with Crippen molar-refractivity contribution in [2.45, 2.75) is 39.7 Å². The zero-order valence-electron chi connectivity index (χ0n) is 15.7. The molecule has 25 heavy (non-hydrogen) atoms. The van der Waals surface area contributed by atoms with Gasteiger partial charge in [-0.25, -0.2) is 0 Å². The molecule has 0 bridgehead atoms. The van der Waals surface area contributed by atoms with Gasteiger partial charge in [0, 0.05) is 24.8 Å². The van der Waals surface area contributed by atoms with Gasteiger partial charge in [0.05, 0.1) is 19.8 Å². The lowest BCUT2D eigenvalue weighted by atomic mass is 9.92. The molecule has 5 nitrogen and oxygen atoms in total. The summed E-state index contributed by atoms with van der Waals surface area (Å²) in [6, 6.07) is 8.60. The van der Waals surface area contributed by atoms with Gasteiger partial charge in [0.25, 0.3) is 0 Å². The summed E-state index contributed by atoms with van der Waals surface area (Å²) in [6.45, 7) is 10.9. The van der Waals surface area contributed by atoms with Crippen LogP contribution in [0.3, 0.4) is 0 Å². The summed E-state index contributed by atoms with van der Waals surface area (Å²) in [5, 5.41) is 3.20. The van der Waals surface area contributed by atoms with Gasteiger partial charge < -0.3 is 15.8 Å². The van der Waals surface area contributed by atoms with Gasteiger partial charge in [-0.3, -0.25) is 9.89 Å². The summed E-state index contributed by atoms with van der Waals surface area (Å²) in [4.78, 5) is 7.16. The molecule has 3 N–H and O–H groups in total. The average Bonchev–Trinajstić information content (AvgIpc) is 2.59. The molecule has 1 aliphatic heterocycles. The first-order valence-electron chi connectivity index (χ1n) is 9.09. The fourth-order valence-electron chi connectivity index (χ4n) is 3.41. The molecule has 1 fully saturated rings. The van der Waals surface area contributed by atoms with Crippen molar-refractivity contribution >= 4 is 35.6 Å². The highest BCUT2D eigenvalue weighted by Gasteiger charge is 2.26. The fourth-order valence-corrected chi connectivity index (χ4v) is 3.41. The number of morpholine rings is 1. The average molecular weight is 460 g/mol. The molecule has 2 rings (SSSR count). The first-order valence-corrected chi connectivity index (χ1v) is 9.09. The van der Waals surface area contributed by atoms with Crippen LogP contribution in [0.2, 0.25) is 0 Å². The number of nitrogens with zero attached hydrogens (tertiary/aromatic N) is 2. The highest BCUT2D eigenvalue weighted by molar-refractivity contribution is 14.0. The topological polar surface area (TPSA) is 62.9 Å². The Morgan fingerprint density at radius 1 is 1.28 bits per heavy atom. The van der Waals surface area contributed by atoms with Crippen LogP contribution in [0.5, 0.6) is 0 Å². The molecular weight excluding hydrogens is 427 g/mol. The van der Waals surface area contributed by atoms with Gasteiger partial charge in [-0.2, -0.15) is 0 Å². The third-order valence-electron chi connectivity index (χ3n) is 4.85. The highest BCUT2D eigenvalue weighted by Crippen LogP contribution is 2.20. The maximum atomic E-state index is 6.11. The van der Waals surface area contributed by atoms with Crippen molar-refractivity contribution in [1.82, 2.24) is 4.90 Å².